The summed E-state index contributed by atoms with van der Waals surface area (Å²) in [7, 11) is 0. The van der Waals surface area contributed by atoms with Crippen molar-refractivity contribution < 1.29 is 4.79 Å². The monoisotopic (exact) mass is 446 g/mol. The van der Waals surface area contributed by atoms with Crippen LogP contribution in [0.2, 0.25) is 5.02 Å². The number of carbonyl (C=O) groups is 1. The van der Waals surface area contributed by atoms with Crippen LogP contribution >= 0.6 is 23.4 Å². The minimum Gasteiger partial charge on any atom is -0.268 e. The number of fused-ring (bicyclic) bond motifs is 2. The maximum atomic E-state index is 13.5. The number of benzene rings is 3. The molecule has 2 heterocycles. The van der Waals surface area contributed by atoms with Gasteiger partial charge in [0.1, 0.15) is 6.04 Å². The number of halogens is 1. The Bertz CT molecular complexity index is 1200. The van der Waals surface area contributed by atoms with Crippen LogP contribution in [-0.2, 0) is 0 Å². The Balaban J connectivity index is 1.68. The summed E-state index contributed by atoms with van der Waals surface area (Å²) in [6.07, 6.45) is 0. The first-order chi connectivity index (χ1) is 15.2. The maximum Gasteiger partial charge on any atom is 0.266 e. The molecule has 0 bridgehead atoms. The largest absolute Gasteiger partial charge is 0.268 e. The van der Waals surface area contributed by atoms with Gasteiger partial charge in [0.05, 0.1) is 5.69 Å². The first-order valence-electron chi connectivity index (χ1n) is 10.0. The number of thioether (sulfide) groups is 1. The van der Waals surface area contributed by atoms with Gasteiger partial charge in [-0.2, -0.15) is 0 Å². The third kappa shape index (κ3) is 3.52. The average Bonchev–Trinajstić information content (AvgIpc) is 3.15. The van der Waals surface area contributed by atoms with Crippen molar-refractivity contribution in [3.63, 3.8) is 0 Å². The fourth-order valence-electron chi connectivity index (χ4n) is 3.80. The molecule has 3 aromatic carbocycles. The van der Waals surface area contributed by atoms with Crippen molar-refractivity contribution in [3.05, 3.63) is 101 Å². The van der Waals surface area contributed by atoms with Crippen molar-refractivity contribution in [1.82, 2.24) is 9.91 Å². The second-order valence-corrected chi connectivity index (χ2v) is 8.76. The Labute approximate surface area is 190 Å². The number of amidine groups is 1. The smallest absolute Gasteiger partial charge is 0.266 e. The number of carbonyl (C=O) groups excluding carboxylic acids is 1. The zero-order chi connectivity index (χ0) is 21.4. The van der Waals surface area contributed by atoms with Crippen LogP contribution < -0.4 is 0 Å². The highest BCUT2D eigenvalue weighted by Crippen LogP contribution is 2.43. The molecule has 1 amide bonds. The highest BCUT2D eigenvalue weighted by atomic mass is 35.5. The quantitative estimate of drug-likeness (QED) is 0.502. The van der Waals surface area contributed by atoms with Crippen LogP contribution in [0.5, 0.6) is 0 Å². The summed E-state index contributed by atoms with van der Waals surface area (Å²) in [6.45, 7) is 2.04. The van der Waals surface area contributed by atoms with Crippen molar-refractivity contribution in [2.75, 3.05) is 5.75 Å². The molecule has 0 aliphatic carbocycles. The van der Waals surface area contributed by atoms with Gasteiger partial charge in [-0.25, -0.2) is 14.9 Å². The molecule has 5 nitrogen and oxygen atoms in total. The highest BCUT2D eigenvalue weighted by molar-refractivity contribution is 8.13. The summed E-state index contributed by atoms with van der Waals surface area (Å²) in [5, 5.41) is 7.96. The fraction of sp³-hybridized carbons (Fsp3) is 0.125. The van der Waals surface area contributed by atoms with E-state index < -0.39 is 0 Å². The van der Waals surface area contributed by atoms with Crippen LogP contribution in [0, 0.1) is 0 Å². The van der Waals surface area contributed by atoms with E-state index in [0.717, 1.165) is 22.6 Å². The van der Waals surface area contributed by atoms with E-state index in [1.807, 2.05) is 78.7 Å². The predicted octanol–water partition coefficient (Wildman–Crippen LogP) is 5.91. The summed E-state index contributed by atoms with van der Waals surface area (Å²) >= 11 is 7.86. The zero-order valence-electron chi connectivity index (χ0n) is 16.8. The molecule has 0 N–H and O–H groups in total. The molecule has 0 aromatic heterocycles. The summed E-state index contributed by atoms with van der Waals surface area (Å²) in [4.78, 5) is 20.0. The van der Waals surface area contributed by atoms with Crippen molar-refractivity contribution in [3.8, 4) is 0 Å². The molecule has 31 heavy (non-hydrogen) atoms. The van der Waals surface area contributed by atoms with Gasteiger partial charge in [0.15, 0.2) is 5.17 Å². The molecule has 5 rings (SSSR count). The van der Waals surface area contributed by atoms with Gasteiger partial charge in [-0.1, -0.05) is 78.8 Å². The van der Waals surface area contributed by atoms with Gasteiger partial charge in [-0.3, -0.25) is 4.79 Å². The van der Waals surface area contributed by atoms with E-state index in [-0.39, 0.29) is 11.9 Å². The van der Waals surface area contributed by atoms with E-state index in [4.69, 9.17) is 21.7 Å². The molecule has 3 aromatic rings. The van der Waals surface area contributed by atoms with Crippen LogP contribution in [-0.4, -0.2) is 32.7 Å². The summed E-state index contributed by atoms with van der Waals surface area (Å²) in [5.41, 5.74) is 3.39. The van der Waals surface area contributed by atoms with E-state index in [2.05, 4.69) is 12.1 Å². The van der Waals surface area contributed by atoms with E-state index in [1.54, 1.807) is 4.90 Å². The Morgan fingerprint density at radius 3 is 2.45 bits per heavy atom. The number of hydrogen-bond donors (Lipinski definition) is 0. The Kier molecular flexibility index (Phi) is 5.26. The first-order valence-corrected chi connectivity index (χ1v) is 11.4. The van der Waals surface area contributed by atoms with Gasteiger partial charge < -0.3 is 0 Å². The fourth-order valence-corrected chi connectivity index (χ4v) is 4.67. The lowest BCUT2D eigenvalue weighted by Crippen LogP contribution is -2.43. The highest BCUT2D eigenvalue weighted by Gasteiger charge is 2.43. The van der Waals surface area contributed by atoms with E-state index >= 15 is 0 Å². The molecule has 1 atom stereocenters. The molecule has 2 aliphatic rings. The van der Waals surface area contributed by atoms with Gasteiger partial charge in [0, 0.05) is 16.1 Å². The van der Waals surface area contributed by atoms with Crippen molar-refractivity contribution >= 4 is 46.1 Å². The molecule has 2 aliphatic heterocycles. The third-order valence-electron chi connectivity index (χ3n) is 5.15. The van der Waals surface area contributed by atoms with Gasteiger partial charge in [-0.05, 0) is 41.6 Å². The minimum absolute atomic E-state index is 0.147. The number of guanidine groups is 1. The lowest BCUT2D eigenvalue weighted by Gasteiger charge is -2.33. The van der Waals surface area contributed by atoms with E-state index in [0.29, 0.717) is 21.7 Å². The second-order valence-electron chi connectivity index (χ2n) is 7.09. The lowest BCUT2D eigenvalue weighted by molar-refractivity contribution is 0.0901. The number of hydrogen-bond acceptors (Lipinski definition) is 5. The molecule has 0 saturated carbocycles. The summed E-state index contributed by atoms with van der Waals surface area (Å²) < 4.78 is 0. The van der Waals surface area contributed by atoms with Gasteiger partial charge in [-0.15, -0.1) is 5.10 Å². The number of aliphatic imine (C=N–C) groups is 1. The molecular weight excluding hydrogens is 428 g/mol. The number of hydrazone groups is 1. The molecule has 0 spiro atoms. The normalized spacial score (nSPS) is 17.0. The number of nitrogens with zero attached hydrogens (tertiary/aromatic N) is 4. The molecule has 0 radical (unpaired) electrons. The molecule has 0 fully saturated rings. The van der Waals surface area contributed by atoms with Crippen LogP contribution in [0.1, 0.15) is 34.5 Å². The van der Waals surface area contributed by atoms with Crippen molar-refractivity contribution in [2.45, 2.75) is 13.0 Å². The summed E-state index contributed by atoms with van der Waals surface area (Å²) in [5.74, 6) is 1.15. The van der Waals surface area contributed by atoms with Gasteiger partial charge >= 0.3 is 0 Å². The average molecular weight is 447 g/mol. The molecule has 0 saturated heterocycles. The third-order valence-corrected chi connectivity index (χ3v) is 6.20. The van der Waals surface area contributed by atoms with Crippen molar-refractivity contribution in [2.24, 2.45) is 10.1 Å². The molecule has 154 valence electrons. The second kappa shape index (κ2) is 8.21. The Morgan fingerprint density at radius 1 is 1.03 bits per heavy atom. The van der Waals surface area contributed by atoms with Crippen LogP contribution in [0.15, 0.2) is 89.0 Å². The number of rotatable bonds is 3. The van der Waals surface area contributed by atoms with Crippen LogP contribution in [0.4, 0.5) is 5.69 Å². The van der Waals surface area contributed by atoms with Crippen LogP contribution in [0.3, 0.4) is 0 Å². The first kappa shape index (κ1) is 19.8. The Morgan fingerprint density at radius 2 is 1.74 bits per heavy atom. The standard InChI is InChI=1S/C24H19ClN4OS/c1-2-31-24-27-29-21(16-9-5-3-6-10-16)19-15-18(25)13-14-20(19)26-23(29)28(24)22(30)17-11-7-4-8-12-17/h3-15,21H,2H2,1H3. The molecule has 7 heteroatoms. The lowest BCUT2D eigenvalue weighted by atomic mass is 9.95. The van der Waals surface area contributed by atoms with Gasteiger partial charge in [0.2, 0.25) is 5.96 Å². The molecular formula is C24H19ClN4OS. The van der Waals surface area contributed by atoms with Crippen LogP contribution in [0.25, 0.3) is 0 Å². The van der Waals surface area contributed by atoms with E-state index in [1.165, 1.54) is 11.8 Å². The minimum atomic E-state index is -0.233. The maximum absolute atomic E-state index is 13.5. The number of amides is 1. The predicted molar refractivity (Wildman–Crippen MR) is 127 cm³/mol. The van der Waals surface area contributed by atoms with Gasteiger partial charge in [0.25, 0.3) is 5.91 Å². The SMILES string of the molecule is CCSC1=NN2C(=Nc3ccc(Cl)cc3C2c2ccccc2)N1C(=O)c1ccccc1. The summed E-state index contributed by atoms with van der Waals surface area (Å²) in [6, 6.07) is 24.7. The Hall–Kier alpha value is -3.09. The molecule has 1 unspecified atom stereocenters. The van der Waals surface area contributed by atoms with Crippen molar-refractivity contribution in [1.29, 1.82) is 0 Å². The zero-order valence-corrected chi connectivity index (χ0v) is 18.3. The topological polar surface area (TPSA) is 48.3 Å². The van der Waals surface area contributed by atoms with E-state index in [9.17, 15) is 4.79 Å².